The highest BCUT2D eigenvalue weighted by Crippen LogP contribution is 2.18. The van der Waals surface area contributed by atoms with E-state index in [9.17, 15) is 0 Å². The van der Waals surface area contributed by atoms with E-state index in [1.165, 1.54) is 0 Å². The lowest BCUT2D eigenvalue weighted by molar-refractivity contribution is 0.361. The van der Waals surface area contributed by atoms with Crippen molar-refractivity contribution in [3.63, 3.8) is 0 Å². The summed E-state index contributed by atoms with van der Waals surface area (Å²) >= 11 is 0. The van der Waals surface area contributed by atoms with Gasteiger partial charge in [0, 0.05) is 11.6 Å². The van der Waals surface area contributed by atoms with Gasteiger partial charge in [-0.1, -0.05) is 6.07 Å². The number of fused-ring (bicyclic) bond motifs is 1. The molecule has 0 atom stereocenters. The van der Waals surface area contributed by atoms with Gasteiger partial charge in [0.05, 0.1) is 12.1 Å². The average Bonchev–Trinajstić information content (AvgIpc) is 2.18. The molecule has 13 heavy (non-hydrogen) atoms. The Balaban J connectivity index is 2.49. The van der Waals surface area contributed by atoms with E-state index in [0.29, 0.717) is 6.61 Å². The Kier molecular flexibility index (Phi) is 2.13. The van der Waals surface area contributed by atoms with E-state index < -0.39 is 0 Å². The van der Waals surface area contributed by atoms with Crippen LogP contribution in [0, 0.1) is 6.92 Å². The molecule has 0 amide bonds. The first kappa shape index (κ1) is 8.05. The van der Waals surface area contributed by atoms with Crippen LogP contribution in [-0.4, -0.2) is 11.6 Å². The van der Waals surface area contributed by atoms with Crippen molar-refractivity contribution in [2.75, 3.05) is 6.61 Å². The van der Waals surface area contributed by atoms with Gasteiger partial charge >= 0.3 is 0 Å². The molecule has 1 aromatic carbocycles. The van der Waals surface area contributed by atoms with Crippen molar-refractivity contribution in [2.45, 2.75) is 0 Å². The highest BCUT2D eigenvalue weighted by molar-refractivity contribution is 5.79. The molecule has 0 bridgehead atoms. The Labute approximate surface area is 77.2 Å². The second-order valence-corrected chi connectivity index (χ2v) is 2.71. The molecule has 0 saturated carbocycles. The summed E-state index contributed by atoms with van der Waals surface area (Å²) in [5.41, 5.74) is 0.985. The number of aromatic nitrogens is 1. The van der Waals surface area contributed by atoms with Crippen LogP contribution in [0.5, 0.6) is 5.75 Å². The molecule has 1 radical (unpaired) electrons. The molecule has 2 aromatic rings. The zero-order valence-electron chi connectivity index (χ0n) is 7.23. The number of rotatable bonds is 2. The number of benzene rings is 1. The summed E-state index contributed by atoms with van der Waals surface area (Å²) < 4.78 is 5.28. The van der Waals surface area contributed by atoms with Crippen LogP contribution < -0.4 is 4.74 Å². The molecule has 2 nitrogen and oxygen atoms in total. The van der Waals surface area contributed by atoms with Gasteiger partial charge in [-0.25, -0.2) is 0 Å². The summed E-state index contributed by atoms with van der Waals surface area (Å²) in [4.78, 5) is 4.21. The van der Waals surface area contributed by atoms with Crippen molar-refractivity contribution in [3.05, 3.63) is 43.5 Å². The van der Waals surface area contributed by atoms with E-state index >= 15 is 0 Å². The van der Waals surface area contributed by atoms with Crippen molar-refractivity contribution < 1.29 is 4.74 Å². The standard InChI is InChI=1S/C11H10NO/c1-2-13-10-5-6-11-9(8-10)4-3-7-12-11/h3-8H,1-2H2. The van der Waals surface area contributed by atoms with E-state index in [1.54, 1.807) is 6.20 Å². The number of hydrogen-bond donors (Lipinski definition) is 0. The topological polar surface area (TPSA) is 22.1 Å². The largest absolute Gasteiger partial charge is 0.494 e. The molecule has 2 heteroatoms. The number of ether oxygens (including phenoxy) is 1. The van der Waals surface area contributed by atoms with Crippen molar-refractivity contribution in [2.24, 2.45) is 0 Å². The smallest absolute Gasteiger partial charge is 0.120 e. The first-order valence-electron chi connectivity index (χ1n) is 4.17. The van der Waals surface area contributed by atoms with Crippen molar-refractivity contribution in [1.29, 1.82) is 0 Å². The van der Waals surface area contributed by atoms with Gasteiger partial charge in [0.25, 0.3) is 0 Å². The molecule has 0 spiro atoms. The maximum Gasteiger partial charge on any atom is 0.120 e. The van der Waals surface area contributed by atoms with Gasteiger partial charge in [-0.15, -0.1) is 0 Å². The zero-order valence-corrected chi connectivity index (χ0v) is 7.23. The maximum atomic E-state index is 5.28. The van der Waals surface area contributed by atoms with Gasteiger partial charge in [-0.2, -0.15) is 0 Å². The molecule has 0 N–H and O–H groups in total. The Morgan fingerprint density at radius 3 is 3.08 bits per heavy atom. The fourth-order valence-corrected chi connectivity index (χ4v) is 1.26. The number of nitrogens with zero attached hydrogens (tertiary/aromatic N) is 1. The second kappa shape index (κ2) is 3.44. The van der Waals surface area contributed by atoms with E-state index in [4.69, 9.17) is 4.74 Å². The predicted molar refractivity (Wildman–Crippen MR) is 52.6 cm³/mol. The van der Waals surface area contributed by atoms with Gasteiger partial charge in [-0.05, 0) is 31.2 Å². The van der Waals surface area contributed by atoms with Gasteiger partial charge < -0.3 is 4.74 Å². The van der Waals surface area contributed by atoms with Gasteiger partial charge in [0.2, 0.25) is 0 Å². The van der Waals surface area contributed by atoms with Crippen LogP contribution in [0.25, 0.3) is 10.9 Å². The van der Waals surface area contributed by atoms with E-state index in [2.05, 4.69) is 11.9 Å². The van der Waals surface area contributed by atoms with Crippen LogP contribution in [-0.2, 0) is 0 Å². The molecule has 0 aliphatic rings. The van der Waals surface area contributed by atoms with E-state index in [1.807, 2.05) is 30.3 Å². The Morgan fingerprint density at radius 1 is 1.31 bits per heavy atom. The van der Waals surface area contributed by atoms with E-state index in [-0.39, 0.29) is 0 Å². The Hall–Kier alpha value is -1.57. The zero-order chi connectivity index (χ0) is 9.10. The predicted octanol–water partition coefficient (Wildman–Crippen LogP) is 2.45. The third kappa shape index (κ3) is 1.61. The van der Waals surface area contributed by atoms with Crippen molar-refractivity contribution in [1.82, 2.24) is 4.98 Å². The fourth-order valence-electron chi connectivity index (χ4n) is 1.26. The first-order valence-corrected chi connectivity index (χ1v) is 4.17. The Morgan fingerprint density at radius 2 is 2.23 bits per heavy atom. The van der Waals surface area contributed by atoms with Gasteiger partial charge in [0.1, 0.15) is 5.75 Å². The molecule has 0 aliphatic carbocycles. The molecule has 1 heterocycles. The van der Waals surface area contributed by atoms with Crippen LogP contribution in [0.15, 0.2) is 36.5 Å². The third-order valence-electron chi connectivity index (χ3n) is 1.84. The summed E-state index contributed by atoms with van der Waals surface area (Å²) in [5.74, 6) is 0.843. The first-order chi connectivity index (χ1) is 6.40. The van der Waals surface area contributed by atoms with Crippen molar-refractivity contribution in [3.8, 4) is 5.75 Å². The average molecular weight is 172 g/mol. The fraction of sp³-hybridized carbons (Fsp3) is 0.0909. The Bertz CT molecular complexity index is 412. The number of pyridine rings is 1. The summed E-state index contributed by atoms with van der Waals surface area (Å²) in [6, 6.07) is 9.74. The molecule has 0 fully saturated rings. The quantitative estimate of drug-likeness (QED) is 0.694. The van der Waals surface area contributed by atoms with Crippen LogP contribution in [0.3, 0.4) is 0 Å². The minimum Gasteiger partial charge on any atom is -0.494 e. The van der Waals surface area contributed by atoms with Crippen LogP contribution in [0.2, 0.25) is 0 Å². The minimum atomic E-state index is 0.450. The summed E-state index contributed by atoms with van der Waals surface area (Å²) in [6.45, 7) is 4.07. The second-order valence-electron chi connectivity index (χ2n) is 2.71. The molecule has 0 saturated heterocycles. The SMILES string of the molecule is [CH2]COc1ccc2ncccc2c1. The number of hydrogen-bond acceptors (Lipinski definition) is 2. The summed E-state index contributed by atoms with van der Waals surface area (Å²) in [5, 5.41) is 1.09. The molecular weight excluding hydrogens is 162 g/mol. The normalized spacial score (nSPS) is 10.2. The van der Waals surface area contributed by atoms with Crippen molar-refractivity contribution >= 4 is 10.9 Å². The monoisotopic (exact) mass is 172 g/mol. The van der Waals surface area contributed by atoms with Crippen LogP contribution in [0.4, 0.5) is 0 Å². The van der Waals surface area contributed by atoms with Crippen LogP contribution >= 0.6 is 0 Å². The highest BCUT2D eigenvalue weighted by atomic mass is 16.5. The lowest BCUT2D eigenvalue weighted by Gasteiger charge is -2.03. The molecular formula is C11H10NO. The molecule has 2 rings (SSSR count). The molecule has 1 aromatic heterocycles. The maximum absolute atomic E-state index is 5.28. The highest BCUT2D eigenvalue weighted by Gasteiger charge is 1.95. The molecule has 0 aliphatic heterocycles. The third-order valence-corrected chi connectivity index (χ3v) is 1.84. The summed E-state index contributed by atoms with van der Waals surface area (Å²) in [7, 11) is 0. The van der Waals surface area contributed by atoms with E-state index in [0.717, 1.165) is 16.7 Å². The van der Waals surface area contributed by atoms with Gasteiger partial charge in [-0.3, -0.25) is 4.98 Å². The minimum absolute atomic E-state index is 0.450. The molecule has 65 valence electrons. The lowest BCUT2D eigenvalue weighted by Crippen LogP contribution is -1.91. The summed E-state index contributed by atoms with van der Waals surface area (Å²) in [6.07, 6.45) is 1.78. The van der Waals surface area contributed by atoms with Gasteiger partial charge in [0.15, 0.2) is 0 Å². The lowest BCUT2D eigenvalue weighted by atomic mass is 10.2. The molecule has 0 unspecified atom stereocenters. The van der Waals surface area contributed by atoms with Crippen LogP contribution in [0.1, 0.15) is 0 Å².